The lowest BCUT2D eigenvalue weighted by Crippen LogP contribution is -2.45. The Hall–Kier alpha value is -1.18. The van der Waals surface area contributed by atoms with Crippen LogP contribution in [0.25, 0.3) is 0 Å². The van der Waals surface area contributed by atoms with Crippen LogP contribution in [0, 0.1) is 0 Å². The first kappa shape index (κ1) is 13.9. The SMILES string of the molecule is O=C(COC1CCNCC1)NC(CO)C(=O)O. The Bertz CT molecular complexity index is 265. The van der Waals surface area contributed by atoms with Gasteiger partial charge >= 0.3 is 5.97 Å². The second kappa shape index (κ2) is 7.21. The number of aliphatic hydroxyl groups excluding tert-OH is 1. The van der Waals surface area contributed by atoms with E-state index in [4.69, 9.17) is 14.9 Å². The largest absolute Gasteiger partial charge is 0.480 e. The molecule has 1 fully saturated rings. The Kier molecular flexibility index (Phi) is 5.88. The number of hydrogen-bond donors (Lipinski definition) is 4. The van der Waals surface area contributed by atoms with E-state index in [0.717, 1.165) is 25.9 Å². The summed E-state index contributed by atoms with van der Waals surface area (Å²) < 4.78 is 5.34. The van der Waals surface area contributed by atoms with Crippen LogP contribution < -0.4 is 10.6 Å². The maximum atomic E-state index is 11.3. The summed E-state index contributed by atoms with van der Waals surface area (Å²) in [6.45, 7) is 0.921. The first-order chi connectivity index (χ1) is 8.13. The van der Waals surface area contributed by atoms with Crippen molar-refractivity contribution in [3.63, 3.8) is 0 Å². The molecule has 0 radical (unpaired) electrons. The van der Waals surface area contributed by atoms with Gasteiger partial charge in [0.2, 0.25) is 5.91 Å². The first-order valence-corrected chi connectivity index (χ1v) is 5.59. The molecule has 7 nitrogen and oxygen atoms in total. The zero-order valence-corrected chi connectivity index (χ0v) is 9.52. The molecule has 1 heterocycles. The van der Waals surface area contributed by atoms with Gasteiger partial charge in [0.1, 0.15) is 12.6 Å². The van der Waals surface area contributed by atoms with Crippen molar-refractivity contribution in [3.05, 3.63) is 0 Å². The van der Waals surface area contributed by atoms with E-state index in [1.807, 2.05) is 0 Å². The van der Waals surface area contributed by atoms with Crippen molar-refractivity contribution in [3.8, 4) is 0 Å². The van der Waals surface area contributed by atoms with Gasteiger partial charge in [-0.1, -0.05) is 0 Å². The molecule has 7 heteroatoms. The van der Waals surface area contributed by atoms with Crippen molar-refractivity contribution in [1.82, 2.24) is 10.6 Å². The average Bonchev–Trinajstić information content (AvgIpc) is 2.34. The Morgan fingerprint density at radius 1 is 1.41 bits per heavy atom. The lowest BCUT2D eigenvalue weighted by molar-refractivity contribution is -0.144. The number of aliphatic carboxylic acids is 1. The van der Waals surface area contributed by atoms with Gasteiger partial charge in [0.05, 0.1) is 12.7 Å². The number of hydrogen-bond acceptors (Lipinski definition) is 5. The summed E-state index contributed by atoms with van der Waals surface area (Å²) in [6.07, 6.45) is 1.73. The van der Waals surface area contributed by atoms with Crippen molar-refractivity contribution < 1.29 is 24.5 Å². The maximum Gasteiger partial charge on any atom is 0.328 e. The summed E-state index contributed by atoms with van der Waals surface area (Å²) in [5, 5.41) is 22.7. The second-order valence-electron chi connectivity index (χ2n) is 3.90. The van der Waals surface area contributed by atoms with Crippen LogP contribution in [-0.4, -0.2) is 60.5 Å². The van der Waals surface area contributed by atoms with Gasteiger partial charge in [0.15, 0.2) is 0 Å². The van der Waals surface area contributed by atoms with Gasteiger partial charge in [0, 0.05) is 0 Å². The summed E-state index contributed by atoms with van der Waals surface area (Å²) in [4.78, 5) is 21.9. The molecule has 1 atom stereocenters. The molecule has 0 spiro atoms. The normalized spacial score (nSPS) is 18.6. The number of carboxylic acids is 1. The van der Waals surface area contributed by atoms with Crippen molar-refractivity contribution in [2.45, 2.75) is 25.0 Å². The van der Waals surface area contributed by atoms with Gasteiger partial charge in [-0.05, 0) is 25.9 Å². The van der Waals surface area contributed by atoms with Gasteiger partial charge in [-0.3, -0.25) is 4.79 Å². The highest BCUT2D eigenvalue weighted by Gasteiger charge is 2.20. The van der Waals surface area contributed by atoms with Crippen LogP contribution in [0.5, 0.6) is 0 Å². The summed E-state index contributed by atoms with van der Waals surface area (Å²) >= 11 is 0. The van der Waals surface area contributed by atoms with E-state index in [9.17, 15) is 9.59 Å². The highest BCUT2D eigenvalue weighted by atomic mass is 16.5. The van der Waals surface area contributed by atoms with Crippen LogP contribution in [0.4, 0.5) is 0 Å². The van der Waals surface area contributed by atoms with Crippen LogP contribution >= 0.6 is 0 Å². The third-order valence-corrected chi connectivity index (χ3v) is 2.55. The molecule has 0 saturated carbocycles. The minimum absolute atomic E-state index is 0.0411. The highest BCUT2D eigenvalue weighted by molar-refractivity contribution is 5.84. The standard InChI is InChI=1S/C10H18N2O5/c13-5-8(10(15)16)12-9(14)6-17-7-1-3-11-4-2-7/h7-8,11,13H,1-6H2,(H,12,14)(H,15,16). The lowest BCUT2D eigenvalue weighted by Gasteiger charge is -2.22. The smallest absolute Gasteiger partial charge is 0.328 e. The molecular formula is C10H18N2O5. The van der Waals surface area contributed by atoms with Gasteiger partial charge in [-0.25, -0.2) is 4.79 Å². The molecule has 17 heavy (non-hydrogen) atoms. The number of carbonyl (C=O) groups excluding carboxylic acids is 1. The number of aliphatic hydroxyl groups is 1. The molecule has 98 valence electrons. The summed E-state index contributed by atoms with van der Waals surface area (Å²) in [6, 6.07) is -1.26. The molecule has 1 amide bonds. The number of carboxylic acid groups (broad SMARTS) is 1. The molecule has 0 aromatic carbocycles. The number of amides is 1. The van der Waals surface area contributed by atoms with Gasteiger partial charge in [0.25, 0.3) is 0 Å². The van der Waals surface area contributed by atoms with E-state index in [1.54, 1.807) is 0 Å². The van der Waals surface area contributed by atoms with Crippen LogP contribution in [0.3, 0.4) is 0 Å². The van der Waals surface area contributed by atoms with E-state index in [-0.39, 0.29) is 12.7 Å². The van der Waals surface area contributed by atoms with Crippen molar-refractivity contribution >= 4 is 11.9 Å². The van der Waals surface area contributed by atoms with Crippen LogP contribution in [-0.2, 0) is 14.3 Å². The first-order valence-electron chi connectivity index (χ1n) is 5.59. The third-order valence-electron chi connectivity index (χ3n) is 2.55. The van der Waals surface area contributed by atoms with Crippen molar-refractivity contribution in [2.75, 3.05) is 26.3 Å². The molecule has 0 aliphatic carbocycles. The second-order valence-corrected chi connectivity index (χ2v) is 3.90. The Labute approximate surface area is 99.1 Å². The molecule has 1 aliphatic rings. The van der Waals surface area contributed by atoms with E-state index in [2.05, 4.69) is 10.6 Å². The molecule has 1 saturated heterocycles. The van der Waals surface area contributed by atoms with Gasteiger partial charge in [-0.15, -0.1) is 0 Å². The molecule has 0 bridgehead atoms. The summed E-state index contributed by atoms with van der Waals surface area (Å²) in [5.74, 6) is -1.78. The van der Waals surface area contributed by atoms with Crippen LogP contribution in [0.1, 0.15) is 12.8 Å². The van der Waals surface area contributed by atoms with E-state index >= 15 is 0 Å². The fourth-order valence-corrected chi connectivity index (χ4v) is 1.58. The number of rotatable bonds is 6. The molecule has 4 N–H and O–H groups in total. The minimum Gasteiger partial charge on any atom is -0.480 e. The minimum atomic E-state index is -1.26. The van der Waals surface area contributed by atoms with Gasteiger partial charge in [-0.2, -0.15) is 0 Å². The molecule has 0 aromatic rings. The lowest BCUT2D eigenvalue weighted by atomic mass is 10.1. The van der Waals surface area contributed by atoms with Gasteiger partial charge < -0.3 is 25.6 Å². The Morgan fingerprint density at radius 3 is 2.59 bits per heavy atom. The average molecular weight is 246 g/mol. The summed E-state index contributed by atoms with van der Waals surface area (Å²) in [5.41, 5.74) is 0. The topological polar surface area (TPSA) is 108 Å². The van der Waals surface area contributed by atoms with Crippen LogP contribution in [0.2, 0.25) is 0 Å². The molecule has 1 aliphatic heterocycles. The Morgan fingerprint density at radius 2 is 2.06 bits per heavy atom. The molecule has 1 unspecified atom stereocenters. The Balaban J connectivity index is 2.21. The van der Waals surface area contributed by atoms with Crippen molar-refractivity contribution in [2.24, 2.45) is 0 Å². The van der Waals surface area contributed by atoms with E-state index in [0.29, 0.717) is 0 Å². The number of nitrogens with one attached hydrogen (secondary N) is 2. The molecule has 0 aromatic heterocycles. The molecular weight excluding hydrogens is 228 g/mol. The maximum absolute atomic E-state index is 11.3. The number of carbonyl (C=O) groups is 2. The predicted molar refractivity (Wildman–Crippen MR) is 58.5 cm³/mol. The predicted octanol–water partition coefficient (Wildman–Crippen LogP) is -1.68. The monoisotopic (exact) mass is 246 g/mol. The van der Waals surface area contributed by atoms with E-state index < -0.39 is 24.5 Å². The third kappa shape index (κ3) is 5.12. The zero-order valence-electron chi connectivity index (χ0n) is 9.52. The van der Waals surface area contributed by atoms with Crippen molar-refractivity contribution in [1.29, 1.82) is 0 Å². The highest BCUT2D eigenvalue weighted by Crippen LogP contribution is 2.06. The zero-order chi connectivity index (χ0) is 12.7. The summed E-state index contributed by atoms with van der Waals surface area (Å²) in [7, 11) is 0. The van der Waals surface area contributed by atoms with Crippen LogP contribution in [0.15, 0.2) is 0 Å². The number of piperidine rings is 1. The molecule has 1 rings (SSSR count). The van der Waals surface area contributed by atoms with E-state index in [1.165, 1.54) is 0 Å². The number of ether oxygens (including phenoxy) is 1. The fourth-order valence-electron chi connectivity index (χ4n) is 1.58. The quantitative estimate of drug-likeness (QED) is 0.446. The fraction of sp³-hybridized carbons (Fsp3) is 0.800.